The van der Waals surface area contributed by atoms with Gasteiger partial charge in [0.25, 0.3) is 0 Å². The van der Waals surface area contributed by atoms with Gasteiger partial charge in [-0.1, -0.05) is 5.11 Å². The second-order valence-corrected chi connectivity index (χ2v) is 2.66. The van der Waals surface area contributed by atoms with E-state index in [9.17, 15) is 0 Å². The summed E-state index contributed by atoms with van der Waals surface area (Å²) >= 11 is 0. The Morgan fingerprint density at radius 2 is 2.50 bits per heavy atom. The molecule has 12 heavy (non-hydrogen) atoms. The predicted molar refractivity (Wildman–Crippen MR) is 38.9 cm³/mol. The maximum atomic E-state index is 8.09. The summed E-state index contributed by atoms with van der Waals surface area (Å²) in [4.78, 5) is 2.65. The van der Waals surface area contributed by atoms with E-state index < -0.39 is 0 Å². The number of hydrogen-bond donors (Lipinski definition) is 0. The lowest BCUT2D eigenvalue weighted by Gasteiger charge is -1.96. The average molecular weight is 165 g/mol. The van der Waals surface area contributed by atoms with E-state index in [1.54, 1.807) is 4.68 Å². The van der Waals surface area contributed by atoms with Gasteiger partial charge in [-0.15, -0.1) is 5.10 Å². The lowest BCUT2D eigenvalue weighted by atomic mass is 10.6. The zero-order chi connectivity index (χ0) is 8.39. The smallest absolute Gasteiger partial charge is 0.157 e. The van der Waals surface area contributed by atoms with Crippen LogP contribution in [0, 0.1) is 0 Å². The van der Waals surface area contributed by atoms with Crippen LogP contribution >= 0.6 is 0 Å². The molecule has 0 aromatic carbocycles. The van der Waals surface area contributed by atoms with Gasteiger partial charge in [0.15, 0.2) is 5.82 Å². The number of aromatic nitrogens is 4. The Morgan fingerprint density at radius 3 is 3.17 bits per heavy atom. The monoisotopic (exact) mass is 165 g/mol. The Hall–Kier alpha value is -1.62. The highest BCUT2D eigenvalue weighted by atomic mass is 15.6. The fourth-order valence-corrected chi connectivity index (χ4v) is 1.01. The van der Waals surface area contributed by atoms with E-state index in [4.69, 9.17) is 5.53 Å². The van der Waals surface area contributed by atoms with Gasteiger partial charge in [0.2, 0.25) is 0 Å². The molecule has 1 aromatic rings. The van der Waals surface area contributed by atoms with Crippen LogP contribution in [0.5, 0.6) is 0 Å². The molecule has 0 spiro atoms. The molecule has 1 aliphatic rings. The van der Waals surface area contributed by atoms with E-state index in [1.165, 1.54) is 0 Å². The van der Waals surface area contributed by atoms with Crippen molar-refractivity contribution in [2.75, 3.05) is 0 Å². The molecule has 7 heteroatoms. The molecular formula is C5H7N7. The third-order valence-electron chi connectivity index (χ3n) is 1.73. The first-order valence-electron chi connectivity index (χ1n) is 3.69. The highest BCUT2D eigenvalue weighted by Crippen LogP contribution is 2.34. The van der Waals surface area contributed by atoms with Crippen LogP contribution in [0.25, 0.3) is 10.4 Å². The summed E-state index contributed by atoms with van der Waals surface area (Å²) in [6.45, 7) is 0.236. The van der Waals surface area contributed by atoms with Crippen molar-refractivity contribution in [3.05, 3.63) is 16.3 Å². The van der Waals surface area contributed by atoms with Crippen LogP contribution in [0.2, 0.25) is 0 Å². The Bertz CT molecular complexity index is 318. The van der Waals surface area contributed by atoms with Crippen LogP contribution in [0.15, 0.2) is 5.11 Å². The molecule has 1 saturated carbocycles. The third kappa shape index (κ3) is 1.22. The molecule has 0 saturated heterocycles. The molecule has 0 N–H and O–H groups in total. The first kappa shape index (κ1) is 7.05. The molecule has 0 amide bonds. The van der Waals surface area contributed by atoms with Crippen LogP contribution in [-0.4, -0.2) is 20.2 Å². The van der Waals surface area contributed by atoms with E-state index in [1.807, 2.05) is 0 Å². The molecule has 1 fully saturated rings. The average Bonchev–Trinajstić information content (AvgIpc) is 2.83. The van der Waals surface area contributed by atoms with Gasteiger partial charge in [0.1, 0.15) is 0 Å². The van der Waals surface area contributed by atoms with Crippen molar-refractivity contribution in [2.45, 2.75) is 25.4 Å². The molecule has 0 aliphatic heterocycles. The second kappa shape index (κ2) is 2.78. The molecule has 0 unspecified atom stereocenters. The number of nitrogens with zero attached hydrogens (tertiary/aromatic N) is 7. The normalized spacial score (nSPS) is 15.7. The summed E-state index contributed by atoms with van der Waals surface area (Å²) < 4.78 is 1.73. The summed E-state index contributed by atoms with van der Waals surface area (Å²) in [6, 6.07) is 0.434. The van der Waals surface area contributed by atoms with Crippen LogP contribution < -0.4 is 0 Å². The van der Waals surface area contributed by atoms with Crippen LogP contribution in [0.3, 0.4) is 0 Å². The minimum Gasteiger partial charge on any atom is -0.226 e. The second-order valence-electron chi connectivity index (χ2n) is 2.66. The highest BCUT2D eigenvalue weighted by Gasteiger charge is 2.27. The standard InChI is InChI=1S/C5H7N7/c6-9-7-3-5-8-10-11-12(5)4-1-2-4/h4H,1-3H2. The molecule has 1 aromatic heterocycles. The summed E-state index contributed by atoms with van der Waals surface area (Å²) in [6.07, 6.45) is 2.24. The fraction of sp³-hybridized carbons (Fsp3) is 0.800. The van der Waals surface area contributed by atoms with Gasteiger partial charge in [0, 0.05) is 4.91 Å². The molecule has 0 bridgehead atoms. The number of rotatable bonds is 3. The zero-order valence-corrected chi connectivity index (χ0v) is 6.33. The highest BCUT2D eigenvalue weighted by molar-refractivity contribution is 4.89. The Labute approximate surface area is 68.0 Å². The first-order chi connectivity index (χ1) is 5.92. The number of hydrogen-bond acceptors (Lipinski definition) is 4. The van der Waals surface area contributed by atoms with Crippen molar-refractivity contribution < 1.29 is 0 Å². The molecule has 7 nitrogen and oxygen atoms in total. The molecule has 1 aliphatic carbocycles. The lowest BCUT2D eigenvalue weighted by molar-refractivity contribution is 0.582. The SMILES string of the molecule is [N-]=[N+]=NCc1nnnn1C1CC1. The van der Waals surface area contributed by atoms with Gasteiger partial charge < -0.3 is 0 Å². The van der Waals surface area contributed by atoms with Crippen molar-refractivity contribution in [1.29, 1.82) is 0 Å². The molecule has 0 atom stereocenters. The van der Waals surface area contributed by atoms with Crippen LogP contribution in [0.1, 0.15) is 24.7 Å². The maximum absolute atomic E-state index is 8.09. The van der Waals surface area contributed by atoms with E-state index in [2.05, 4.69) is 25.6 Å². The largest absolute Gasteiger partial charge is 0.226 e. The van der Waals surface area contributed by atoms with E-state index in [-0.39, 0.29) is 6.54 Å². The summed E-state index contributed by atoms with van der Waals surface area (Å²) in [5.41, 5.74) is 8.09. The Balaban J connectivity index is 2.17. The van der Waals surface area contributed by atoms with Gasteiger partial charge in [0.05, 0.1) is 12.6 Å². The molecule has 2 rings (SSSR count). The molecule has 0 radical (unpaired) electrons. The molecular weight excluding hydrogens is 158 g/mol. The van der Waals surface area contributed by atoms with Gasteiger partial charge in [-0.25, -0.2) is 4.68 Å². The Kier molecular flexibility index (Phi) is 1.64. The summed E-state index contributed by atoms with van der Waals surface area (Å²) in [7, 11) is 0. The van der Waals surface area contributed by atoms with Gasteiger partial charge in [-0.3, -0.25) is 0 Å². The lowest BCUT2D eigenvalue weighted by Crippen LogP contribution is -2.02. The van der Waals surface area contributed by atoms with Crippen molar-refractivity contribution in [1.82, 2.24) is 20.2 Å². The zero-order valence-electron chi connectivity index (χ0n) is 6.33. The maximum Gasteiger partial charge on any atom is 0.157 e. The van der Waals surface area contributed by atoms with Crippen molar-refractivity contribution in [3.8, 4) is 0 Å². The first-order valence-corrected chi connectivity index (χ1v) is 3.69. The summed E-state index contributed by atoms with van der Waals surface area (Å²) in [5.74, 6) is 0.648. The predicted octanol–water partition coefficient (Wildman–Crippen LogP) is 0.818. The molecule has 1 heterocycles. The van der Waals surface area contributed by atoms with E-state index >= 15 is 0 Å². The van der Waals surface area contributed by atoms with Crippen molar-refractivity contribution in [3.63, 3.8) is 0 Å². The minimum atomic E-state index is 0.236. The third-order valence-corrected chi connectivity index (χ3v) is 1.73. The van der Waals surface area contributed by atoms with Gasteiger partial charge in [-0.05, 0) is 28.8 Å². The van der Waals surface area contributed by atoms with Crippen molar-refractivity contribution >= 4 is 0 Å². The number of tetrazole rings is 1. The minimum absolute atomic E-state index is 0.236. The Morgan fingerprint density at radius 1 is 1.67 bits per heavy atom. The summed E-state index contributed by atoms with van der Waals surface area (Å²) in [5, 5.41) is 14.5. The van der Waals surface area contributed by atoms with E-state index in [0.29, 0.717) is 11.9 Å². The van der Waals surface area contributed by atoms with Crippen molar-refractivity contribution in [2.24, 2.45) is 5.11 Å². The topological polar surface area (TPSA) is 92.4 Å². The van der Waals surface area contributed by atoms with E-state index in [0.717, 1.165) is 12.8 Å². The van der Waals surface area contributed by atoms with Crippen LogP contribution in [-0.2, 0) is 6.54 Å². The van der Waals surface area contributed by atoms with Gasteiger partial charge in [-0.2, -0.15) is 0 Å². The quantitative estimate of drug-likeness (QED) is 0.377. The fourth-order valence-electron chi connectivity index (χ4n) is 1.01. The number of azide groups is 1. The van der Waals surface area contributed by atoms with Crippen LogP contribution in [0.4, 0.5) is 0 Å². The molecule has 62 valence electrons. The van der Waals surface area contributed by atoms with Gasteiger partial charge >= 0.3 is 0 Å².